The van der Waals surface area contributed by atoms with Gasteiger partial charge in [0.25, 0.3) is 20.3 Å². The number of nitrogens with one attached hydrogen (secondary N) is 1. The maximum Gasteiger partial charge on any atom is 0.293 e. The van der Waals surface area contributed by atoms with E-state index >= 15 is 0 Å². The van der Waals surface area contributed by atoms with Crippen LogP contribution in [0.3, 0.4) is 0 Å². The number of anilines is 2. The zero-order valence-corrected chi connectivity index (χ0v) is 17.9. The van der Waals surface area contributed by atoms with Crippen molar-refractivity contribution in [1.29, 1.82) is 0 Å². The summed E-state index contributed by atoms with van der Waals surface area (Å²) in [6, 6.07) is 11.8. The Balaban J connectivity index is 1.58. The molecule has 2 heterocycles. The van der Waals surface area contributed by atoms with E-state index in [9.17, 15) is 13.2 Å². The molecule has 0 bridgehead atoms. The van der Waals surface area contributed by atoms with Crippen molar-refractivity contribution >= 4 is 61.3 Å². The SMILES string of the molecule is O=C(Nc1nnc(S(=O)(=O)N2CCCc3ccccc32)s1)c1ccc(Cl)cc1Cl. The quantitative estimate of drug-likeness (QED) is 0.578. The molecule has 0 saturated carbocycles. The van der Waals surface area contributed by atoms with E-state index in [-0.39, 0.29) is 20.1 Å². The Morgan fingerprint density at radius 3 is 2.72 bits per heavy atom. The number of amides is 1. The molecule has 7 nitrogen and oxygen atoms in total. The minimum absolute atomic E-state index is 0.0601. The molecule has 1 aromatic heterocycles. The lowest BCUT2D eigenvalue weighted by molar-refractivity contribution is 0.102. The zero-order valence-electron chi connectivity index (χ0n) is 14.8. The number of aryl methyl sites for hydroxylation is 1. The van der Waals surface area contributed by atoms with E-state index in [1.54, 1.807) is 12.1 Å². The second-order valence-electron chi connectivity index (χ2n) is 6.26. The fourth-order valence-electron chi connectivity index (χ4n) is 3.05. The van der Waals surface area contributed by atoms with E-state index in [1.165, 1.54) is 22.5 Å². The fourth-order valence-corrected chi connectivity index (χ4v) is 6.08. The molecule has 11 heteroatoms. The summed E-state index contributed by atoms with van der Waals surface area (Å²) in [5.74, 6) is -0.532. The Hall–Kier alpha value is -2.20. The lowest BCUT2D eigenvalue weighted by Gasteiger charge is -2.29. The van der Waals surface area contributed by atoms with Gasteiger partial charge in [0.2, 0.25) is 5.13 Å². The predicted octanol–water partition coefficient (Wildman–Crippen LogP) is 4.24. The molecule has 0 unspecified atom stereocenters. The number of carbonyl (C=O) groups is 1. The van der Waals surface area contributed by atoms with Crippen LogP contribution in [0.15, 0.2) is 46.8 Å². The first-order valence-corrected chi connectivity index (χ1v) is 11.6. The second kappa shape index (κ2) is 7.91. The van der Waals surface area contributed by atoms with E-state index < -0.39 is 15.9 Å². The van der Waals surface area contributed by atoms with E-state index in [2.05, 4.69) is 15.5 Å². The third-order valence-electron chi connectivity index (χ3n) is 4.38. The van der Waals surface area contributed by atoms with Crippen LogP contribution in [0, 0.1) is 0 Å². The Labute approximate surface area is 181 Å². The summed E-state index contributed by atoms with van der Waals surface area (Å²) in [4.78, 5) is 12.4. The second-order valence-corrected chi connectivity index (χ2v) is 10.1. The molecule has 3 aromatic rings. The maximum atomic E-state index is 13.1. The van der Waals surface area contributed by atoms with Crippen molar-refractivity contribution in [3.8, 4) is 0 Å². The van der Waals surface area contributed by atoms with Gasteiger partial charge in [0.1, 0.15) is 0 Å². The summed E-state index contributed by atoms with van der Waals surface area (Å²) < 4.78 is 27.3. The standard InChI is InChI=1S/C18H14Cl2N4O3S2/c19-12-7-8-13(14(20)10-12)16(25)21-17-22-23-18(28-17)29(26,27)24-9-3-5-11-4-1-2-6-15(11)24/h1-2,4,6-8,10H,3,5,9H2,(H,21,22,25). The Morgan fingerprint density at radius 1 is 1.14 bits per heavy atom. The van der Waals surface area contributed by atoms with Crippen molar-refractivity contribution in [3.63, 3.8) is 0 Å². The lowest BCUT2D eigenvalue weighted by atomic mass is 10.0. The van der Waals surface area contributed by atoms with Gasteiger partial charge in [-0.2, -0.15) is 8.42 Å². The number of nitrogens with zero attached hydrogens (tertiary/aromatic N) is 3. The highest BCUT2D eigenvalue weighted by atomic mass is 35.5. The Morgan fingerprint density at radius 2 is 1.93 bits per heavy atom. The third kappa shape index (κ3) is 3.95. The highest BCUT2D eigenvalue weighted by molar-refractivity contribution is 7.94. The highest BCUT2D eigenvalue weighted by Gasteiger charge is 2.32. The molecule has 4 rings (SSSR count). The Bertz CT molecular complexity index is 1200. The van der Waals surface area contributed by atoms with Gasteiger partial charge >= 0.3 is 0 Å². The van der Waals surface area contributed by atoms with Gasteiger partial charge in [-0.3, -0.25) is 14.4 Å². The topological polar surface area (TPSA) is 92.3 Å². The number of halogens is 2. The summed E-state index contributed by atoms with van der Waals surface area (Å²) in [6.07, 6.45) is 1.54. The monoisotopic (exact) mass is 468 g/mol. The third-order valence-corrected chi connectivity index (χ3v) is 7.93. The number of para-hydroxylation sites is 1. The summed E-state index contributed by atoms with van der Waals surface area (Å²) in [5, 5.41) is 10.8. The first kappa shape index (κ1) is 20.1. The molecular formula is C18H14Cl2N4O3S2. The minimum atomic E-state index is -3.89. The predicted molar refractivity (Wildman–Crippen MR) is 114 cm³/mol. The van der Waals surface area contributed by atoms with Crippen molar-refractivity contribution < 1.29 is 13.2 Å². The van der Waals surface area contributed by atoms with Crippen LogP contribution in [0.25, 0.3) is 0 Å². The Kier molecular flexibility index (Phi) is 5.48. The minimum Gasteiger partial charge on any atom is -0.296 e. The van der Waals surface area contributed by atoms with Crippen LogP contribution in [-0.2, 0) is 16.4 Å². The van der Waals surface area contributed by atoms with Gasteiger partial charge in [0.15, 0.2) is 0 Å². The van der Waals surface area contributed by atoms with Crippen molar-refractivity contribution in [2.75, 3.05) is 16.2 Å². The van der Waals surface area contributed by atoms with Crippen LogP contribution in [0.1, 0.15) is 22.3 Å². The number of sulfonamides is 1. The van der Waals surface area contributed by atoms with Gasteiger partial charge in [-0.05, 0) is 42.7 Å². The normalized spacial score (nSPS) is 13.8. The van der Waals surface area contributed by atoms with E-state index in [0.717, 1.165) is 23.3 Å². The number of aromatic nitrogens is 2. The first-order valence-electron chi connectivity index (χ1n) is 8.57. The van der Waals surface area contributed by atoms with Crippen molar-refractivity contribution in [1.82, 2.24) is 10.2 Å². The number of hydrogen-bond acceptors (Lipinski definition) is 6. The van der Waals surface area contributed by atoms with Crippen molar-refractivity contribution in [3.05, 3.63) is 63.6 Å². The summed E-state index contributed by atoms with van der Waals surface area (Å²) in [7, 11) is -3.89. The van der Waals surface area contributed by atoms with Crippen LogP contribution in [0.2, 0.25) is 10.0 Å². The van der Waals surface area contributed by atoms with Gasteiger partial charge in [-0.15, -0.1) is 10.2 Å². The van der Waals surface area contributed by atoms with E-state index in [0.29, 0.717) is 23.7 Å². The van der Waals surface area contributed by atoms with Gasteiger partial charge < -0.3 is 0 Å². The highest BCUT2D eigenvalue weighted by Crippen LogP contribution is 2.33. The molecule has 150 valence electrons. The summed E-state index contributed by atoms with van der Waals surface area (Å²) in [5.41, 5.74) is 1.81. The number of benzene rings is 2. The number of hydrogen-bond donors (Lipinski definition) is 1. The number of fused-ring (bicyclic) bond motifs is 1. The number of carbonyl (C=O) groups excluding carboxylic acids is 1. The van der Waals surface area contributed by atoms with Crippen LogP contribution in [0.5, 0.6) is 0 Å². The van der Waals surface area contributed by atoms with Gasteiger partial charge in [-0.25, -0.2) is 0 Å². The smallest absolute Gasteiger partial charge is 0.293 e. The van der Waals surface area contributed by atoms with Crippen LogP contribution in [0.4, 0.5) is 10.8 Å². The van der Waals surface area contributed by atoms with Gasteiger partial charge in [0, 0.05) is 11.6 Å². The molecule has 1 amide bonds. The largest absolute Gasteiger partial charge is 0.296 e. The molecule has 0 aliphatic carbocycles. The zero-order chi connectivity index (χ0) is 20.6. The molecule has 0 radical (unpaired) electrons. The van der Waals surface area contributed by atoms with Crippen LogP contribution in [-0.4, -0.2) is 31.1 Å². The molecule has 1 aliphatic heterocycles. The molecule has 29 heavy (non-hydrogen) atoms. The van der Waals surface area contributed by atoms with Crippen molar-refractivity contribution in [2.45, 2.75) is 17.2 Å². The molecule has 0 saturated heterocycles. The maximum absolute atomic E-state index is 13.1. The first-order chi connectivity index (χ1) is 13.9. The molecule has 0 atom stereocenters. The fraction of sp³-hybridized carbons (Fsp3) is 0.167. The molecular weight excluding hydrogens is 455 g/mol. The lowest BCUT2D eigenvalue weighted by Crippen LogP contribution is -2.35. The van der Waals surface area contributed by atoms with E-state index in [1.807, 2.05) is 12.1 Å². The summed E-state index contributed by atoms with van der Waals surface area (Å²) in [6.45, 7) is 0.362. The van der Waals surface area contributed by atoms with Crippen LogP contribution >= 0.6 is 34.5 Å². The summed E-state index contributed by atoms with van der Waals surface area (Å²) >= 11 is 12.7. The molecule has 2 aromatic carbocycles. The average molecular weight is 469 g/mol. The van der Waals surface area contributed by atoms with Gasteiger partial charge in [-0.1, -0.05) is 52.7 Å². The molecule has 1 aliphatic rings. The van der Waals surface area contributed by atoms with Crippen LogP contribution < -0.4 is 9.62 Å². The number of rotatable bonds is 4. The molecule has 0 spiro atoms. The van der Waals surface area contributed by atoms with Gasteiger partial charge in [0.05, 0.1) is 16.3 Å². The molecule has 0 fully saturated rings. The molecule has 1 N–H and O–H groups in total. The van der Waals surface area contributed by atoms with Crippen molar-refractivity contribution in [2.24, 2.45) is 0 Å². The average Bonchev–Trinajstić information content (AvgIpc) is 3.16. The van der Waals surface area contributed by atoms with E-state index in [4.69, 9.17) is 23.2 Å².